The van der Waals surface area contributed by atoms with Crippen molar-refractivity contribution in [1.82, 2.24) is 5.43 Å². The number of carbonyl (C=O) groups excluding carboxylic acids is 2. The number of hydrogen-bond acceptors (Lipinski definition) is 9. The Hall–Kier alpha value is -2.37. The van der Waals surface area contributed by atoms with E-state index < -0.39 is 5.97 Å². The molecule has 1 saturated heterocycles. The van der Waals surface area contributed by atoms with Crippen molar-refractivity contribution in [1.29, 1.82) is 0 Å². The van der Waals surface area contributed by atoms with E-state index in [1.54, 1.807) is 12.1 Å². The molecule has 2 aromatic carbocycles. The molecule has 1 amide bonds. The van der Waals surface area contributed by atoms with E-state index in [4.69, 9.17) is 14.2 Å². The van der Waals surface area contributed by atoms with Gasteiger partial charge in [0.1, 0.15) is 5.75 Å². The molecule has 3 rings (SSSR count). The van der Waals surface area contributed by atoms with Crippen molar-refractivity contribution in [3.05, 3.63) is 52.0 Å². The molecule has 0 atom stereocenters. The molecule has 0 aliphatic carbocycles. The summed E-state index contributed by atoms with van der Waals surface area (Å²) in [5.74, 6) is 2.89. The van der Waals surface area contributed by atoms with Crippen molar-refractivity contribution in [2.45, 2.75) is 11.5 Å². The van der Waals surface area contributed by atoms with Gasteiger partial charge < -0.3 is 18.9 Å². The molecule has 8 nitrogen and oxygen atoms in total. The highest BCUT2D eigenvalue weighted by Gasteiger charge is 2.18. The maximum absolute atomic E-state index is 12.1. The quantitative estimate of drug-likeness (QED) is 0.242. The van der Waals surface area contributed by atoms with Gasteiger partial charge in [-0.25, -0.2) is 10.2 Å². The molecule has 34 heavy (non-hydrogen) atoms. The molecule has 0 radical (unpaired) electrons. The van der Waals surface area contributed by atoms with Gasteiger partial charge in [-0.2, -0.15) is 5.10 Å². The second-order valence-corrected chi connectivity index (χ2v) is 10.4. The molecule has 182 valence electrons. The van der Waals surface area contributed by atoms with Crippen molar-refractivity contribution >= 4 is 57.5 Å². The maximum atomic E-state index is 12.1. The van der Waals surface area contributed by atoms with Crippen LogP contribution in [-0.4, -0.2) is 56.5 Å². The van der Waals surface area contributed by atoms with Crippen LogP contribution in [0.5, 0.6) is 17.2 Å². The Balaban J connectivity index is 1.52. The highest BCUT2D eigenvalue weighted by Crippen LogP contribution is 2.45. The van der Waals surface area contributed by atoms with E-state index >= 15 is 0 Å². The third-order valence-electron chi connectivity index (χ3n) is 4.47. The number of hydrogen-bond donors (Lipinski definition) is 1. The van der Waals surface area contributed by atoms with Crippen LogP contribution in [0.4, 0.5) is 0 Å². The molecule has 1 fully saturated rings. The fourth-order valence-corrected chi connectivity index (χ4v) is 6.14. The molecule has 0 spiro atoms. The Kier molecular flexibility index (Phi) is 10.4. The lowest BCUT2D eigenvalue weighted by atomic mass is 10.2. The van der Waals surface area contributed by atoms with Gasteiger partial charge in [-0.1, -0.05) is 12.1 Å². The fourth-order valence-electron chi connectivity index (χ4n) is 2.85. The summed E-state index contributed by atoms with van der Waals surface area (Å²) in [5.41, 5.74) is 4.35. The number of benzene rings is 2. The molecule has 11 heteroatoms. The van der Waals surface area contributed by atoms with Gasteiger partial charge in [0.2, 0.25) is 0 Å². The highest BCUT2D eigenvalue weighted by molar-refractivity contribution is 9.10. The number of carbonyl (C=O) groups is 2. The molecule has 0 aromatic heterocycles. The number of halogens is 1. The lowest BCUT2D eigenvalue weighted by Gasteiger charge is -2.13. The van der Waals surface area contributed by atoms with E-state index in [2.05, 4.69) is 31.2 Å². The third-order valence-corrected chi connectivity index (χ3v) is 8.26. The van der Waals surface area contributed by atoms with Crippen LogP contribution in [0.25, 0.3) is 0 Å². The van der Waals surface area contributed by atoms with E-state index in [1.807, 2.05) is 54.7 Å². The minimum Gasteiger partial charge on any atom is -0.490 e. The zero-order valence-corrected chi connectivity index (χ0v) is 22.0. The van der Waals surface area contributed by atoms with E-state index in [-0.39, 0.29) is 19.1 Å². The first-order valence-corrected chi connectivity index (χ1v) is 13.3. The number of amides is 1. The molecule has 0 saturated carbocycles. The van der Waals surface area contributed by atoms with Crippen molar-refractivity contribution in [2.24, 2.45) is 5.10 Å². The molecule has 0 bridgehead atoms. The summed E-state index contributed by atoms with van der Waals surface area (Å²) in [7, 11) is 1.29. The standard InChI is InChI=1S/C23H25BrN2O6S2/c1-3-30-19-10-16(18(24)11-20(19)32-14-22(28)29-2)12-25-26-21(27)13-31-17-6-4-15(5-7-17)23-33-8-9-34-23/h4-7,10-12,23H,3,8-9,13-14H2,1-2H3,(H,26,27)/b25-12-. The molecular formula is C23H25BrN2O6S2. The third kappa shape index (κ3) is 7.85. The predicted octanol–water partition coefficient (Wildman–Crippen LogP) is 4.41. The van der Waals surface area contributed by atoms with Gasteiger partial charge in [0.25, 0.3) is 5.91 Å². The van der Waals surface area contributed by atoms with Crippen molar-refractivity contribution in [3.63, 3.8) is 0 Å². The largest absolute Gasteiger partial charge is 0.490 e. The van der Waals surface area contributed by atoms with Gasteiger partial charge >= 0.3 is 5.97 Å². The molecule has 1 N–H and O–H groups in total. The summed E-state index contributed by atoms with van der Waals surface area (Å²) in [6.07, 6.45) is 1.47. The second-order valence-electron chi connectivity index (χ2n) is 6.84. The van der Waals surface area contributed by atoms with E-state index in [0.717, 1.165) is 0 Å². The number of esters is 1. The topological polar surface area (TPSA) is 95.5 Å². The van der Waals surface area contributed by atoms with E-state index in [1.165, 1.54) is 30.4 Å². The van der Waals surface area contributed by atoms with Crippen molar-refractivity contribution in [2.75, 3.05) is 38.4 Å². The lowest BCUT2D eigenvalue weighted by Crippen LogP contribution is -2.24. The summed E-state index contributed by atoms with van der Waals surface area (Å²) < 4.78 is 22.3. The van der Waals surface area contributed by atoms with Gasteiger partial charge in [-0.3, -0.25) is 4.79 Å². The van der Waals surface area contributed by atoms with Crippen molar-refractivity contribution in [3.8, 4) is 17.2 Å². The molecular weight excluding hydrogens is 544 g/mol. The van der Waals surface area contributed by atoms with E-state index in [9.17, 15) is 9.59 Å². The average molecular weight is 569 g/mol. The Morgan fingerprint density at radius 1 is 1.09 bits per heavy atom. The van der Waals surface area contributed by atoms with Gasteiger partial charge in [0.15, 0.2) is 24.7 Å². The minimum absolute atomic E-state index is 0.157. The van der Waals surface area contributed by atoms with Gasteiger partial charge in [0, 0.05) is 21.5 Å². The van der Waals surface area contributed by atoms with Crippen LogP contribution in [-0.2, 0) is 14.3 Å². The van der Waals surface area contributed by atoms with Crippen LogP contribution in [0, 0.1) is 0 Å². The smallest absolute Gasteiger partial charge is 0.343 e. The van der Waals surface area contributed by atoms with Crippen LogP contribution in [0.2, 0.25) is 0 Å². The first-order chi connectivity index (χ1) is 16.5. The Bertz CT molecular complexity index is 1010. The number of thioether (sulfide) groups is 2. The first kappa shape index (κ1) is 26.2. The lowest BCUT2D eigenvalue weighted by molar-refractivity contribution is -0.142. The monoisotopic (exact) mass is 568 g/mol. The number of ether oxygens (including phenoxy) is 4. The summed E-state index contributed by atoms with van der Waals surface area (Å²) >= 11 is 7.32. The molecule has 2 aromatic rings. The van der Waals surface area contributed by atoms with Crippen LogP contribution in [0.1, 0.15) is 22.6 Å². The number of nitrogens with one attached hydrogen (secondary N) is 1. The molecule has 0 unspecified atom stereocenters. The molecule has 1 aliphatic heterocycles. The van der Waals surface area contributed by atoms with E-state index in [0.29, 0.717) is 38.5 Å². The Morgan fingerprint density at radius 3 is 2.47 bits per heavy atom. The first-order valence-electron chi connectivity index (χ1n) is 10.4. The second kappa shape index (κ2) is 13.5. The van der Waals surface area contributed by atoms with Crippen molar-refractivity contribution < 1.29 is 28.5 Å². The SMILES string of the molecule is CCOc1cc(/C=N\NC(=O)COc2ccc(C3SCCS3)cc2)c(Br)cc1OCC(=O)OC. The number of rotatable bonds is 11. The average Bonchev–Trinajstić information content (AvgIpc) is 3.39. The van der Waals surface area contributed by atoms with Gasteiger partial charge in [-0.15, -0.1) is 23.5 Å². The maximum Gasteiger partial charge on any atom is 0.343 e. The zero-order chi connectivity index (χ0) is 24.3. The van der Waals surface area contributed by atoms with Crippen LogP contribution in [0.15, 0.2) is 46.0 Å². The van der Waals surface area contributed by atoms with Gasteiger partial charge in [-0.05, 0) is 52.7 Å². The summed E-state index contributed by atoms with van der Waals surface area (Å²) in [6.45, 7) is 1.84. The zero-order valence-electron chi connectivity index (χ0n) is 18.7. The summed E-state index contributed by atoms with van der Waals surface area (Å²) in [5, 5.41) is 3.99. The highest BCUT2D eigenvalue weighted by atomic mass is 79.9. The normalized spacial score (nSPS) is 13.6. The fraction of sp³-hybridized carbons (Fsp3) is 0.348. The number of hydrazone groups is 1. The molecule has 1 heterocycles. The number of nitrogens with zero attached hydrogens (tertiary/aromatic N) is 1. The van der Waals surface area contributed by atoms with Crippen LogP contribution in [0.3, 0.4) is 0 Å². The minimum atomic E-state index is -0.503. The molecule has 1 aliphatic rings. The summed E-state index contributed by atoms with van der Waals surface area (Å²) in [4.78, 5) is 23.5. The number of methoxy groups -OCH3 is 1. The van der Waals surface area contributed by atoms with Crippen LogP contribution < -0.4 is 19.6 Å². The Morgan fingerprint density at radius 2 is 1.79 bits per heavy atom. The predicted molar refractivity (Wildman–Crippen MR) is 138 cm³/mol. The Labute approximate surface area is 215 Å². The van der Waals surface area contributed by atoms with Crippen LogP contribution >= 0.6 is 39.5 Å². The summed E-state index contributed by atoms with van der Waals surface area (Å²) in [6, 6.07) is 11.2. The van der Waals surface area contributed by atoms with Gasteiger partial charge in [0.05, 0.1) is 24.5 Å².